The third-order valence-electron chi connectivity index (χ3n) is 2.82. The van der Waals surface area contributed by atoms with Gasteiger partial charge in [0.15, 0.2) is 0 Å². The Kier molecular flexibility index (Phi) is 3.98. The number of carbonyl (C=O) groups excluding carboxylic acids is 1. The van der Waals surface area contributed by atoms with Gasteiger partial charge in [0.25, 0.3) is 0 Å². The predicted molar refractivity (Wildman–Crippen MR) is 63.5 cm³/mol. The molecule has 2 rings (SSSR count). The molecule has 0 radical (unpaired) electrons. The second-order valence-corrected chi connectivity index (χ2v) is 4.26. The van der Waals surface area contributed by atoms with Gasteiger partial charge in [-0.25, -0.2) is 4.79 Å². The van der Waals surface area contributed by atoms with Gasteiger partial charge in [0, 0.05) is 19.1 Å². The molecule has 4 heteroatoms. The van der Waals surface area contributed by atoms with Gasteiger partial charge in [-0.1, -0.05) is 30.3 Å². The quantitative estimate of drug-likeness (QED) is 0.848. The Labute approximate surface area is 101 Å². The average Bonchev–Trinajstić information content (AvgIpc) is 3.06. The van der Waals surface area contributed by atoms with Crippen LogP contribution in [-0.2, 0) is 16.1 Å². The van der Waals surface area contributed by atoms with Gasteiger partial charge in [0.2, 0.25) is 0 Å². The molecular weight excluding hydrogens is 218 g/mol. The van der Waals surface area contributed by atoms with E-state index in [-0.39, 0.29) is 12.1 Å². The van der Waals surface area contributed by atoms with E-state index in [0.717, 1.165) is 12.0 Å². The molecule has 0 heterocycles. The summed E-state index contributed by atoms with van der Waals surface area (Å²) in [7, 11) is 1.67. The maximum absolute atomic E-state index is 11.4. The fourth-order valence-electron chi connectivity index (χ4n) is 1.74. The van der Waals surface area contributed by atoms with Crippen LogP contribution >= 0.6 is 0 Å². The first-order chi connectivity index (χ1) is 8.29. The van der Waals surface area contributed by atoms with E-state index in [0.29, 0.717) is 19.1 Å². The number of methoxy groups -OCH3 is 1. The summed E-state index contributed by atoms with van der Waals surface area (Å²) in [6.07, 6.45) is 0.631. The molecule has 1 aromatic carbocycles. The highest BCUT2D eigenvalue weighted by Gasteiger charge is 2.38. The van der Waals surface area contributed by atoms with Crippen molar-refractivity contribution < 1.29 is 14.3 Å². The fourth-order valence-corrected chi connectivity index (χ4v) is 1.74. The van der Waals surface area contributed by atoms with Crippen molar-refractivity contribution in [3.05, 3.63) is 35.9 Å². The van der Waals surface area contributed by atoms with Gasteiger partial charge in [0.1, 0.15) is 6.61 Å². The van der Waals surface area contributed by atoms with Crippen LogP contribution in [0.2, 0.25) is 0 Å². The van der Waals surface area contributed by atoms with E-state index < -0.39 is 0 Å². The summed E-state index contributed by atoms with van der Waals surface area (Å²) in [6.45, 7) is 1.01. The summed E-state index contributed by atoms with van der Waals surface area (Å²) in [5.74, 6) is 0.448. The molecule has 17 heavy (non-hydrogen) atoms. The second-order valence-electron chi connectivity index (χ2n) is 4.26. The highest BCUT2D eigenvalue weighted by atomic mass is 16.5. The second kappa shape index (κ2) is 5.68. The van der Waals surface area contributed by atoms with Crippen LogP contribution in [0, 0.1) is 5.92 Å². The summed E-state index contributed by atoms with van der Waals surface area (Å²) < 4.78 is 10.1. The van der Waals surface area contributed by atoms with Crippen molar-refractivity contribution in [2.24, 2.45) is 5.92 Å². The number of alkyl carbamates (subject to hydrolysis) is 1. The molecule has 0 aliphatic heterocycles. The van der Waals surface area contributed by atoms with Crippen molar-refractivity contribution in [3.8, 4) is 0 Å². The van der Waals surface area contributed by atoms with Crippen LogP contribution in [0.15, 0.2) is 30.3 Å². The third kappa shape index (κ3) is 3.75. The highest BCUT2D eigenvalue weighted by molar-refractivity contribution is 5.68. The van der Waals surface area contributed by atoms with E-state index in [1.807, 2.05) is 30.3 Å². The number of amides is 1. The minimum Gasteiger partial charge on any atom is -0.445 e. The fraction of sp³-hybridized carbons (Fsp3) is 0.462. The standard InChI is InChI=1S/C13H17NO3/c1-16-9-11-7-12(11)14-13(15)17-8-10-5-3-2-4-6-10/h2-6,11-12H,7-9H2,1H3,(H,14,15). The maximum atomic E-state index is 11.4. The molecule has 92 valence electrons. The van der Waals surface area contributed by atoms with Crippen molar-refractivity contribution >= 4 is 6.09 Å². The van der Waals surface area contributed by atoms with E-state index in [4.69, 9.17) is 9.47 Å². The smallest absolute Gasteiger partial charge is 0.407 e. The molecule has 2 atom stereocenters. The number of rotatable bonds is 5. The lowest BCUT2D eigenvalue weighted by Gasteiger charge is -2.06. The topological polar surface area (TPSA) is 47.6 Å². The molecule has 1 aliphatic rings. The van der Waals surface area contributed by atoms with Gasteiger partial charge < -0.3 is 14.8 Å². The Morgan fingerprint density at radius 1 is 1.41 bits per heavy atom. The molecule has 0 aromatic heterocycles. The zero-order chi connectivity index (χ0) is 12.1. The molecule has 1 N–H and O–H groups in total. The van der Waals surface area contributed by atoms with Crippen LogP contribution in [0.1, 0.15) is 12.0 Å². The SMILES string of the molecule is COCC1CC1NC(=O)OCc1ccccc1. The van der Waals surface area contributed by atoms with Gasteiger partial charge in [-0.15, -0.1) is 0 Å². The first kappa shape index (κ1) is 11.9. The zero-order valence-electron chi connectivity index (χ0n) is 9.89. The Morgan fingerprint density at radius 2 is 2.18 bits per heavy atom. The van der Waals surface area contributed by atoms with E-state index in [2.05, 4.69) is 5.32 Å². The molecular formula is C13H17NO3. The van der Waals surface area contributed by atoms with Crippen LogP contribution in [0.3, 0.4) is 0 Å². The molecule has 1 aliphatic carbocycles. The van der Waals surface area contributed by atoms with Gasteiger partial charge in [0.05, 0.1) is 6.61 Å². The van der Waals surface area contributed by atoms with Crippen molar-refractivity contribution in [3.63, 3.8) is 0 Å². The number of hydrogen-bond acceptors (Lipinski definition) is 3. The van der Waals surface area contributed by atoms with Gasteiger partial charge in [-0.2, -0.15) is 0 Å². The van der Waals surface area contributed by atoms with E-state index >= 15 is 0 Å². The molecule has 1 fully saturated rings. The normalized spacial score (nSPS) is 21.9. The van der Waals surface area contributed by atoms with E-state index in [9.17, 15) is 4.79 Å². The van der Waals surface area contributed by atoms with Crippen molar-refractivity contribution in [1.82, 2.24) is 5.32 Å². The zero-order valence-corrected chi connectivity index (χ0v) is 9.89. The van der Waals surface area contributed by atoms with Crippen LogP contribution in [0.5, 0.6) is 0 Å². The Bertz CT molecular complexity index is 366. The summed E-state index contributed by atoms with van der Waals surface area (Å²) in [5.41, 5.74) is 0.992. The molecule has 1 amide bonds. The Morgan fingerprint density at radius 3 is 2.88 bits per heavy atom. The van der Waals surface area contributed by atoms with E-state index in [1.54, 1.807) is 7.11 Å². The average molecular weight is 235 g/mol. The van der Waals surface area contributed by atoms with Crippen LogP contribution in [0.4, 0.5) is 4.79 Å². The summed E-state index contributed by atoms with van der Waals surface area (Å²) in [5, 5.41) is 2.82. The molecule has 0 saturated heterocycles. The highest BCUT2D eigenvalue weighted by Crippen LogP contribution is 2.30. The molecule has 0 spiro atoms. The maximum Gasteiger partial charge on any atom is 0.407 e. The van der Waals surface area contributed by atoms with Crippen molar-refractivity contribution in [2.75, 3.05) is 13.7 Å². The van der Waals surface area contributed by atoms with Gasteiger partial charge in [-0.3, -0.25) is 0 Å². The summed E-state index contributed by atoms with van der Waals surface area (Å²) >= 11 is 0. The minimum atomic E-state index is -0.350. The largest absolute Gasteiger partial charge is 0.445 e. The summed E-state index contributed by atoms with van der Waals surface area (Å²) in [6, 6.07) is 9.86. The van der Waals surface area contributed by atoms with Crippen molar-refractivity contribution in [2.45, 2.75) is 19.1 Å². The van der Waals surface area contributed by atoms with E-state index in [1.165, 1.54) is 0 Å². The van der Waals surface area contributed by atoms with Crippen LogP contribution in [-0.4, -0.2) is 25.9 Å². The van der Waals surface area contributed by atoms with Gasteiger partial charge >= 0.3 is 6.09 Å². The first-order valence-corrected chi connectivity index (χ1v) is 5.75. The monoisotopic (exact) mass is 235 g/mol. The molecule has 4 nitrogen and oxygen atoms in total. The lowest BCUT2D eigenvalue weighted by Crippen LogP contribution is -2.28. The van der Waals surface area contributed by atoms with Crippen LogP contribution in [0.25, 0.3) is 0 Å². The summed E-state index contributed by atoms with van der Waals surface area (Å²) in [4.78, 5) is 11.4. The Balaban J connectivity index is 1.65. The third-order valence-corrected chi connectivity index (χ3v) is 2.82. The number of hydrogen-bond donors (Lipinski definition) is 1. The number of carbonyl (C=O) groups is 1. The predicted octanol–water partition coefficient (Wildman–Crippen LogP) is 1.95. The number of benzene rings is 1. The molecule has 1 saturated carbocycles. The van der Waals surface area contributed by atoms with Gasteiger partial charge in [-0.05, 0) is 12.0 Å². The molecule has 1 aromatic rings. The molecule has 2 unspecified atom stereocenters. The minimum absolute atomic E-state index is 0.221. The lowest BCUT2D eigenvalue weighted by atomic mass is 10.2. The van der Waals surface area contributed by atoms with Crippen molar-refractivity contribution in [1.29, 1.82) is 0 Å². The number of ether oxygens (including phenoxy) is 2. The number of nitrogens with one attached hydrogen (secondary N) is 1. The lowest BCUT2D eigenvalue weighted by molar-refractivity contribution is 0.136. The molecule has 0 bridgehead atoms. The Hall–Kier alpha value is -1.55. The first-order valence-electron chi connectivity index (χ1n) is 5.75. The van der Waals surface area contributed by atoms with Crippen LogP contribution < -0.4 is 5.32 Å².